The van der Waals surface area contributed by atoms with Crippen LogP contribution in [-0.2, 0) is 27.2 Å². The van der Waals surface area contributed by atoms with E-state index in [1.54, 1.807) is 0 Å². The van der Waals surface area contributed by atoms with Crippen LogP contribution in [0.4, 0.5) is 0 Å². The normalized spacial score (nSPS) is 28.6. The molecular weight excluding hydrogens is 312 g/mol. The van der Waals surface area contributed by atoms with Crippen LogP contribution in [0.25, 0.3) is 0 Å². The van der Waals surface area contributed by atoms with Crippen LogP contribution in [0.15, 0.2) is 18.2 Å². The Morgan fingerprint density at radius 3 is 2.48 bits per heavy atom. The molecule has 25 heavy (non-hydrogen) atoms. The highest BCUT2D eigenvalue weighted by molar-refractivity contribution is 6.36. The molecule has 0 N–H and O–H groups in total. The van der Waals surface area contributed by atoms with Crippen molar-refractivity contribution in [1.29, 1.82) is 0 Å². The molecule has 3 aliphatic rings. The number of fused-ring (bicyclic) bond motifs is 2. The summed E-state index contributed by atoms with van der Waals surface area (Å²) in [5.74, 6) is -1.20. The van der Waals surface area contributed by atoms with Crippen LogP contribution in [0.2, 0.25) is 0 Å². The maximum atomic E-state index is 13.2. The highest BCUT2D eigenvalue weighted by Crippen LogP contribution is 2.66. The number of ether oxygens (including phenoxy) is 1. The molecule has 1 fully saturated rings. The zero-order valence-corrected chi connectivity index (χ0v) is 15.4. The summed E-state index contributed by atoms with van der Waals surface area (Å²) in [5.41, 5.74) is 3.62. The lowest BCUT2D eigenvalue weighted by molar-refractivity contribution is -0.154. The average Bonchev–Trinajstić information content (AvgIpc) is 2.98. The van der Waals surface area contributed by atoms with E-state index in [1.807, 2.05) is 0 Å². The third kappa shape index (κ3) is 2.17. The van der Waals surface area contributed by atoms with Crippen molar-refractivity contribution in [3.63, 3.8) is 0 Å². The highest BCUT2D eigenvalue weighted by atomic mass is 16.5. The van der Waals surface area contributed by atoms with Gasteiger partial charge in [-0.3, -0.25) is 4.79 Å². The van der Waals surface area contributed by atoms with Crippen molar-refractivity contribution in [3.8, 4) is 0 Å². The summed E-state index contributed by atoms with van der Waals surface area (Å²) in [6.07, 6.45) is 8.42. The summed E-state index contributed by atoms with van der Waals surface area (Å²) in [6.45, 7) is 4.83. The van der Waals surface area contributed by atoms with Crippen molar-refractivity contribution >= 4 is 11.8 Å². The molecule has 1 aromatic rings. The number of esters is 1. The van der Waals surface area contributed by atoms with E-state index in [2.05, 4.69) is 32.0 Å². The van der Waals surface area contributed by atoms with Crippen molar-refractivity contribution in [1.82, 2.24) is 0 Å². The summed E-state index contributed by atoms with van der Waals surface area (Å²) >= 11 is 0. The number of carbonyl (C=O) groups is 2. The molecule has 0 amide bonds. The number of unbranched alkanes of at least 4 members (excludes halogenated alkanes) is 2. The Morgan fingerprint density at radius 2 is 1.80 bits per heavy atom. The second-order valence-corrected chi connectivity index (χ2v) is 8.36. The third-order valence-electron chi connectivity index (χ3n) is 7.17. The van der Waals surface area contributed by atoms with E-state index < -0.39 is 5.97 Å². The number of ketones is 1. The Bertz CT molecular complexity index is 712. The van der Waals surface area contributed by atoms with E-state index in [0.29, 0.717) is 6.61 Å². The maximum absolute atomic E-state index is 13.2. The van der Waals surface area contributed by atoms with Gasteiger partial charge < -0.3 is 4.74 Å². The first kappa shape index (κ1) is 16.8. The van der Waals surface area contributed by atoms with Gasteiger partial charge in [-0.2, -0.15) is 0 Å². The molecule has 1 saturated heterocycles. The zero-order valence-electron chi connectivity index (χ0n) is 15.4. The second kappa shape index (κ2) is 5.96. The second-order valence-electron chi connectivity index (χ2n) is 8.36. The predicted molar refractivity (Wildman–Crippen MR) is 96.5 cm³/mol. The van der Waals surface area contributed by atoms with E-state index in [1.165, 1.54) is 11.1 Å². The maximum Gasteiger partial charge on any atom is 0.375 e. The summed E-state index contributed by atoms with van der Waals surface area (Å²) in [5, 5.41) is 0. The molecule has 2 atom stereocenters. The van der Waals surface area contributed by atoms with Gasteiger partial charge in [0.15, 0.2) is 0 Å². The molecule has 3 bridgehead atoms. The van der Waals surface area contributed by atoms with Crippen LogP contribution in [0.3, 0.4) is 0 Å². The van der Waals surface area contributed by atoms with Gasteiger partial charge in [-0.1, -0.05) is 57.7 Å². The molecule has 134 valence electrons. The Hall–Kier alpha value is -1.64. The van der Waals surface area contributed by atoms with Crippen molar-refractivity contribution in [2.24, 2.45) is 10.8 Å². The van der Waals surface area contributed by atoms with Crippen LogP contribution in [-0.4, -0.2) is 18.4 Å². The summed E-state index contributed by atoms with van der Waals surface area (Å²) in [4.78, 5) is 25.5. The first-order valence-corrected chi connectivity index (χ1v) is 9.90. The monoisotopic (exact) mass is 340 g/mol. The molecule has 2 aliphatic carbocycles. The van der Waals surface area contributed by atoms with Crippen molar-refractivity contribution in [2.45, 2.75) is 71.1 Å². The molecule has 3 heteroatoms. The van der Waals surface area contributed by atoms with Crippen LogP contribution >= 0.6 is 0 Å². The van der Waals surface area contributed by atoms with E-state index in [-0.39, 0.29) is 22.5 Å². The Balaban J connectivity index is 1.95. The Labute approximate surface area is 150 Å². The lowest BCUT2D eigenvalue weighted by atomic mass is 9.48. The predicted octanol–water partition coefficient (Wildman–Crippen LogP) is 4.36. The lowest BCUT2D eigenvalue weighted by Gasteiger charge is -2.53. The Kier molecular flexibility index (Phi) is 4.01. The third-order valence-corrected chi connectivity index (χ3v) is 7.17. The van der Waals surface area contributed by atoms with Gasteiger partial charge >= 0.3 is 5.97 Å². The van der Waals surface area contributed by atoms with Crippen LogP contribution in [0.5, 0.6) is 0 Å². The molecule has 0 aromatic heterocycles. The first-order chi connectivity index (χ1) is 12.1. The van der Waals surface area contributed by atoms with Crippen molar-refractivity contribution in [2.75, 3.05) is 6.61 Å². The van der Waals surface area contributed by atoms with Gasteiger partial charge in [-0.15, -0.1) is 0 Å². The first-order valence-electron chi connectivity index (χ1n) is 9.90. The smallest absolute Gasteiger partial charge is 0.375 e. The van der Waals surface area contributed by atoms with Crippen LogP contribution in [0, 0.1) is 10.8 Å². The summed E-state index contributed by atoms with van der Waals surface area (Å²) < 4.78 is 5.56. The Morgan fingerprint density at radius 1 is 1.08 bits per heavy atom. The van der Waals surface area contributed by atoms with Gasteiger partial charge in [0.1, 0.15) is 0 Å². The molecule has 1 aliphatic heterocycles. The van der Waals surface area contributed by atoms with Gasteiger partial charge in [0.25, 0.3) is 0 Å². The number of carbonyl (C=O) groups excluding carboxylic acids is 2. The quantitative estimate of drug-likeness (QED) is 0.571. The number of rotatable bonds is 6. The van der Waals surface area contributed by atoms with E-state index in [4.69, 9.17) is 4.74 Å². The fourth-order valence-corrected chi connectivity index (χ4v) is 5.99. The van der Waals surface area contributed by atoms with Gasteiger partial charge in [-0.25, -0.2) is 4.79 Å². The lowest BCUT2D eigenvalue weighted by Crippen LogP contribution is -2.52. The van der Waals surface area contributed by atoms with E-state index >= 15 is 0 Å². The summed E-state index contributed by atoms with van der Waals surface area (Å²) in [6, 6.07) is 6.39. The van der Waals surface area contributed by atoms with Crippen LogP contribution in [0.1, 0.15) is 75.0 Å². The standard InChI is InChI=1S/C22H28O3/c1-3-5-10-22(11-6-4-2)18-16-9-7-8-15-12-21(22,13-17(15)16)14-25-20(24)19(18)23/h7-9,18H,3-6,10-14H2,1-2H3. The molecule has 3 nitrogen and oxygen atoms in total. The fourth-order valence-electron chi connectivity index (χ4n) is 5.99. The van der Waals surface area contributed by atoms with E-state index in [9.17, 15) is 9.59 Å². The van der Waals surface area contributed by atoms with Crippen molar-refractivity contribution < 1.29 is 14.3 Å². The molecule has 4 rings (SSSR count). The number of Topliss-reactive ketones (excluding diaryl/α,β-unsaturated/α-hetero) is 1. The minimum atomic E-state index is -0.607. The minimum absolute atomic E-state index is 0.0828. The highest BCUT2D eigenvalue weighted by Gasteiger charge is 2.65. The molecule has 0 radical (unpaired) electrons. The number of benzene rings is 1. The van der Waals surface area contributed by atoms with Crippen molar-refractivity contribution in [3.05, 3.63) is 34.9 Å². The summed E-state index contributed by atoms with van der Waals surface area (Å²) in [7, 11) is 0. The minimum Gasteiger partial charge on any atom is -0.459 e. The topological polar surface area (TPSA) is 43.4 Å². The van der Waals surface area contributed by atoms with Gasteiger partial charge in [0.05, 0.1) is 12.5 Å². The average molecular weight is 340 g/mol. The fraction of sp³-hybridized carbons (Fsp3) is 0.636. The van der Waals surface area contributed by atoms with Gasteiger partial charge in [-0.05, 0) is 47.8 Å². The molecule has 1 spiro atoms. The van der Waals surface area contributed by atoms with Gasteiger partial charge in [0.2, 0.25) is 5.78 Å². The molecule has 0 saturated carbocycles. The number of cyclic esters (lactones) is 1. The molecule has 1 aromatic carbocycles. The number of hydrogen-bond donors (Lipinski definition) is 0. The van der Waals surface area contributed by atoms with Gasteiger partial charge in [0, 0.05) is 5.41 Å². The van der Waals surface area contributed by atoms with Crippen LogP contribution < -0.4 is 0 Å². The zero-order chi connectivity index (χ0) is 17.7. The molecule has 1 heterocycles. The number of hydrogen-bond acceptors (Lipinski definition) is 3. The molecule has 2 unspecified atom stereocenters. The SMILES string of the molecule is CCCCC1(CCCC)C2C(=O)C(=O)OCC13Cc1cccc2c1C3. The largest absolute Gasteiger partial charge is 0.459 e. The molecular formula is C22H28O3. The van der Waals surface area contributed by atoms with E-state index in [0.717, 1.165) is 56.9 Å².